The van der Waals surface area contributed by atoms with E-state index in [4.69, 9.17) is 0 Å². The van der Waals surface area contributed by atoms with Crippen molar-refractivity contribution in [3.63, 3.8) is 0 Å². The third-order valence-electron chi connectivity index (χ3n) is 5.40. The van der Waals surface area contributed by atoms with E-state index < -0.39 is 10.0 Å². The van der Waals surface area contributed by atoms with Crippen molar-refractivity contribution in [3.8, 4) is 0 Å². The number of benzene rings is 1. The quantitative estimate of drug-likeness (QED) is 0.562. The Kier molecular flexibility index (Phi) is 7.96. The number of hydrogen-bond acceptors (Lipinski definition) is 6. The Morgan fingerprint density at radius 2 is 1.81 bits per heavy atom. The molecule has 0 N–H and O–H groups in total. The Morgan fingerprint density at radius 1 is 1.10 bits per heavy atom. The number of aromatic nitrogens is 1. The van der Waals surface area contributed by atoms with E-state index in [1.165, 1.54) is 33.5 Å². The van der Waals surface area contributed by atoms with Gasteiger partial charge in [0.1, 0.15) is 4.90 Å². The van der Waals surface area contributed by atoms with Gasteiger partial charge in [0.25, 0.3) is 0 Å². The monoisotopic (exact) mass is 462 g/mol. The van der Waals surface area contributed by atoms with Crippen LogP contribution in [0.1, 0.15) is 19.4 Å². The largest absolute Gasteiger partial charge is 0.368 e. The SMILES string of the molecule is CCN(CC)S(=O)(=O)c1ccc(SCC(=O)N2CCN(c3cccc(C)c3)CC2)nc1. The molecule has 1 fully saturated rings. The minimum absolute atomic E-state index is 0.0792. The number of pyridine rings is 1. The molecule has 1 amide bonds. The molecule has 9 heteroatoms. The number of piperazine rings is 1. The fourth-order valence-electron chi connectivity index (χ4n) is 3.58. The molecule has 7 nitrogen and oxygen atoms in total. The third-order valence-corrected chi connectivity index (χ3v) is 8.36. The molecular weight excluding hydrogens is 432 g/mol. The van der Waals surface area contributed by atoms with Gasteiger partial charge in [0.05, 0.1) is 10.8 Å². The summed E-state index contributed by atoms with van der Waals surface area (Å²) in [6.07, 6.45) is 1.38. The highest BCUT2D eigenvalue weighted by atomic mass is 32.2. The molecule has 0 aliphatic carbocycles. The number of hydrogen-bond donors (Lipinski definition) is 0. The number of carbonyl (C=O) groups is 1. The zero-order chi connectivity index (χ0) is 22.4. The molecule has 168 valence electrons. The third kappa shape index (κ3) is 5.78. The van der Waals surface area contributed by atoms with Crippen LogP contribution in [0, 0.1) is 6.92 Å². The second kappa shape index (κ2) is 10.5. The van der Waals surface area contributed by atoms with E-state index in [2.05, 4.69) is 41.1 Å². The number of amides is 1. The van der Waals surface area contributed by atoms with Crippen LogP contribution in [-0.4, -0.2) is 73.5 Å². The van der Waals surface area contributed by atoms with Gasteiger partial charge in [0.2, 0.25) is 15.9 Å². The fraction of sp³-hybridized carbons (Fsp3) is 0.455. The van der Waals surface area contributed by atoms with Crippen LogP contribution in [0.2, 0.25) is 0 Å². The van der Waals surface area contributed by atoms with Gasteiger partial charge in [-0.2, -0.15) is 4.31 Å². The first-order chi connectivity index (χ1) is 14.8. The number of thioether (sulfide) groups is 1. The minimum Gasteiger partial charge on any atom is -0.368 e. The molecule has 0 unspecified atom stereocenters. The van der Waals surface area contributed by atoms with Crippen molar-refractivity contribution < 1.29 is 13.2 Å². The maximum atomic E-state index is 12.6. The molecule has 31 heavy (non-hydrogen) atoms. The lowest BCUT2D eigenvalue weighted by molar-refractivity contribution is -0.128. The minimum atomic E-state index is -3.52. The lowest BCUT2D eigenvalue weighted by Gasteiger charge is -2.36. The summed E-state index contributed by atoms with van der Waals surface area (Å²) in [4.78, 5) is 21.2. The zero-order valence-electron chi connectivity index (χ0n) is 18.3. The smallest absolute Gasteiger partial charge is 0.244 e. The van der Waals surface area contributed by atoms with Crippen molar-refractivity contribution in [2.24, 2.45) is 0 Å². The second-order valence-corrected chi connectivity index (χ2v) is 10.4. The Labute approximate surface area is 189 Å². The van der Waals surface area contributed by atoms with Crippen LogP contribution in [0.4, 0.5) is 5.69 Å². The molecule has 1 aromatic carbocycles. The van der Waals surface area contributed by atoms with Crippen LogP contribution in [0.5, 0.6) is 0 Å². The molecule has 2 heterocycles. The van der Waals surface area contributed by atoms with Crippen molar-refractivity contribution in [2.45, 2.75) is 30.7 Å². The first kappa shape index (κ1) is 23.6. The van der Waals surface area contributed by atoms with Crippen molar-refractivity contribution in [1.82, 2.24) is 14.2 Å². The van der Waals surface area contributed by atoms with E-state index in [1.54, 1.807) is 12.1 Å². The maximum Gasteiger partial charge on any atom is 0.244 e. The van der Waals surface area contributed by atoms with Gasteiger partial charge >= 0.3 is 0 Å². The number of aryl methyl sites for hydroxylation is 1. The van der Waals surface area contributed by atoms with Crippen LogP contribution < -0.4 is 4.90 Å². The highest BCUT2D eigenvalue weighted by Gasteiger charge is 2.23. The average Bonchev–Trinajstić information content (AvgIpc) is 2.78. The normalized spacial score (nSPS) is 14.8. The molecule has 0 atom stereocenters. The molecule has 1 aliphatic rings. The van der Waals surface area contributed by atoms with Gasteiger partial charge in [0, 0.05) is 51.2 Å². The summed E-state index contributed by atoms with van der Waals surface area (Å²) < 4.78 is 26.5. The first-order valence-corrected chi connectivity index (χ1v) is 13.0. The van der Waals surface area contributed by atoms with Crippen LogP contribution in [-0.2, 0) is 14.8 Å². The summed E-state index contributed by atoms with van der Waals surface area (Å²) in [5.41, 5.74) is 2.43. The van der Waals surface area contributed by atoms with Gasteiger partial charge < -0.3 is 9.80 Å². The molecule has 3 rings (SSSR count). The van der Waals surface area contributed by atoms with Crippen molar-refractivity contribution in [2.75, 3.05) is 49.9 Å². The highest BCUT2D eigenvalue weighted by molar-refractivity contribution is 7.99. The summed E-state index contributed by atoms with van der Waals surface area (Å²) in [5, 5.41) is 0.644. The number of sulfonamides is 1. The predicted octanol–water partition coefficient (Wildman–Crippen LogP) is 2.86. The van der Waals surface area contributed by atoms with Gasteiger partial charge in [-0.05, 0) is 36.8 Å². The standard InChI is InChI=1S/C22H30N4O3S2/c1-4-26(5-2)31(28,29)20-9-10-21(23-16-20)30-17-22(27)25-13-11-24(12-14-25)19-8-6-7-18(3)15-19/h6-10,15-16H,4-5,11-14,17H2,1-3H3. The molecular formula is C22H30N4O3S2. The Bertz CT molecular complexity index is 984. The Morgan fingerprint density at radius 3 is 2.39 bits per heavy atom. The molecule has 0 bridgehead atoms. The average molecular weight is 463 g/mol. The van der Waals surface area contributed by atoms with Crippen LogP contribution in [0.25, 0.3) is 0 Å². The number of rotatable bonds is 8. The van der Waals surface area contributed by atoms with Gasteiger partial charge in [0.15, 0.2) is 0 Å². The summed E-state index contributed by atoms with van der Waals surface area (Å²) >= 11 is 1.34. The van der Waals surface area contributed by atoms with E-state index in [-0.39, 0.29) is 10.8 Å². The van der Waals surface area contributed by atoms with Crippen molar-refractivity contribution in [1.29, 1.82) is 0 Å². The molecule has 0 saturated carbocycles. The number of carbonyl (C=O) groups excluding carboxylic acids is 1. The van der Waals surface area contributed by atoms with Gasteiger partial charge in [-0.25, -0.2) is 13.4 Å². The maximum absolute atomic E-state index is 12.6. The van der Waals surface area contributed by atoms with Gasteiger partial charge in [-0.3, -0.25) is 4.79 Å². The number of anilines is 1. The first-order valence-electron chi connectivity index (χ1n) is 10.5. The van der Waals surface area contributed by atoms with Crippen molar-refractivity contribution >= 4 is 33.4 Å². The van der Waals surface area contributed by atoms with E-state index in [9.17, 15) is 13.2 Å². The molecule has 1 aliphatic heterocycles. The predicted molar refractivity (Wildman–Crippen MR) is 125 cm³/mol. The summed E-state index contributed by atoms with van der Waals surface area (Å²) in [6.45, 7) is 9.56. The fourth-order valence-corrected chi connectivity index (χ4v) is 5.73. The van der Waals surface area contributed by atoms with Crippen LogP contribution in [0.15, 0.2) is 52.5 Å². The van der Waals surface area contributed by atoms with E-state index >= 15 is 0 Å². The van der Waals surface area contributed by atoms with E-state index in [0.717, 1.165) is 13.1 Å². The zero-order valence-corrected chi connectivity index (χ0v) is 20.0. The van der Waals surface area contributed by atoms with Crippen LogP contribution >= 0.6 is 11.8 Å². The molecule has 1 saturated heterocycles. The number of nitrogens with zero attached hydrogens (tertiary/aromatic N) is 4. The summed E-state index contributed by atoms with van der Waals surface area (Å²) in [5.74, 6) is 0.370. The molecule has 0 radical (unpaired) electrons. The van der Waals surface area contributed by atoms with Crippen LogP contribution in [0.3, 0.4) is 0 Å². The van der Waals surface area contributed by atoms with Gasteiger partial charge in [-0.1, -0.05) is 37.7 Å². The van der Waals surface area contributed by atoms with E-state index in [0.29, 0.717) is 37.0 Å². The highest BCUT2D eigenvalue weighted by Crippen LogP contribution is 2.21. The summed E-state index contributed by atoms with van der Waals surface area (Å²) in [6, 6.07) is 11.7. The Balaban J connectivity index is 1.51. The molecule has 2 aromatic rings. The molecule has 0 spiro atoms. The van der Waals surface area contributed by atoms with Crippen molar-refractivity contribution in [3.05, 3.63) is 48.2 Å². The second-order valence-electron chi connectivity index (χ2n) is 7.42. The summed E-state index contributed by atoms with van der Waals surface area (Å²) in [7, 11) is -3.52. The lowest BCUT2D eigenvalue weighted by atomic mass is 10.2. The van der Waals surface area contributed by atoms with Gasteiger partial charge in [-0.15, -0.1) is 0 Å². The molecule has 1 aromatic heterocycles. The Hall–Kier alpha value is -2.10. The topological polar surface area (TPSA) is 73.8 Å². The van der Waals surface area contributed by atoms with E-state index in [1.807, 2.05) is 18.7 Å². The lowest BCUT2D eigenvalue weighted by Crippen LogP contribution is -2.49.